The molecule has 2 heterocycles. The van der Waals surface area contributed by atoms with Crippen LogP contribution in [0.25, 0.3) is 11.1 Å². The van der Waals surface area contributed by atoms with Crippen LogP contribution in [-0.2, 0) is 9.47 Å². The molecule has 4 atom stereocenters. The second-order valence-electron chi connectivity index (χ2n) is 8.83. The maximum Gasteiger partial charge on any atom is 0.217 e. The smallest absolute Gasteiger partial charge is 0.217 e. The third-order valence-electron chi connectivity index (χ3n) is 7.39. The van der Waals surface area contributed by atoms with E-state index < -0.39 is 28.6 Å². The molecule has 5 rings (SSSR count). The van der Waals surface area contributed by atoms with Crippen LogP contribution >= 0.6 is 0 Å². The molecule has 1 N–H and O–H groups in total. The van der Waals surface area contributed by atoms with Crippen LogP contribution in [0.15, 0.2) is 54.6 Å². The van der Waals surface area contributed by atoms with Crippen molar-refractivity contribution in [2.24, 2.45) is 16.7 Å². The Morgan fingerprint density at radius 1 is 0.844 bits per heavy atom. The molecule has 2 aliphatic heterocycles. The normalized spacial score (nSPS) is 32.3. The van der Waals surface area contributed by atoms with E-state index in [1.165, 1.54) is 0 Å². The van der Waals surface area contributed by atoms with Crippen molar-refractivity contribution in [3.05, 3.63) is 60.2 Å². The second kappa shape index (κ2) is 7.20. The first kappa shape index (κ1) is 20.3. The van der Waals surface area contributed by atoms with Crippen molar-refractivity contribution in [1.82, 2.24) is 0 Å². The van der Waals surface area contributed by atoms with E-state index in [4.69, 9.17) is 14.9 Å². The van der Waals surface area contributed by atoms with Crippen LogP contribution in [0.3, 0.4) is 0 Å². The Labute approximate surface area is 187 Å². The highest BCUT2D eigenvalue weighted by atomic mass is 16.7. The van der Waals surface area contributed by atoms with Crippen molar-refractivity contribution in [2.75, 3.05) is 0 Å². The van der Waals surface area contributed by atoms with E-state index in [0.717, 1.165) is 30.4 Å². The topological polar surface area (TPSA) is 114 Å². The minimum absolute atomic E-state index is 0.307. The summed E-state index contributed by atoms with van der Waals surface area (Å²) in [5.74, 6) is -1.98. The lowest BCUT2D eigenvalue weighted by molar-refractivity contribution is -0.284. The highest BCUT2D eigenvalue weighted by Gasteiger charge is 2.80. The molecule has 0 radical (unpaired) electrons. The molecule has 2 saturated heterocycles. The average Bonchev–Trinajstić information content (AvgIpc) is 2.96. The molecule has 6 nitrogen and oxygen atoms in total. The molecule has 0 aromatic heterocycles. The van der Waals surface area contributed by atoms with Gasteiger partial charge in [-0.05, 0) is 29.5 Å². The molecule has 1 aliphatic carbocycles. The van der Waals surface area contributed by atoms with Gasteiger partial charge in [0.15, 0.2) is 5.41 Å². The summed E-state index contributed by atoms with van der Waals surface area (Å²) >= 11 is 0. The Bertz CT molecular complexity index is 1170. The van der Waals surface area contributed by atoms with E-state index in [9.17, 15) is 15.8 Å². The van der Waals surface area contributed by atoms with Gasteiger partial charge >= 0.3 is 0 Å². The largest absolute Gasteiger partial charge is 0.447 e. The first-order valence-corrected chi connectivity index (χ1v) is 10.9. The van der Waals surface area contributed by atoms with E-state index in [1.807, 2.05) is 54.6 Å². The standard InChI is InChI=1S/C26H22N4O2/c27-15-24(16-28)22(20-12-10-19(11-13-20)18-7-3-1-4-8-18)31-26-14-6-2-5-9-21(26)25(24,17-29)23(30)32-26/h1,3-4,7-8,10-13,21-22,30H,2,5-6,9,14H2. The van der Waals surface area contributed by atoms with E-state index >= 15 is 0 Å². The van der Waals surface area contributed by atoms with Gasteiger partial charge in [-0.15, -0.1) is 0 Å². The maximum absolute atomic E-state index is 10.4. The monoisotopic (exact) mass is 422 g/mol. The van der Waals surface area contributed by atoms with Gasteiger partial charge in [0, 0.05) is 6.42 Å². The van der Waals surface area contributed by atoms with Gasteiger partial charge in [0.1, 0.15) is 6.10 Å². The Kier molecular flexibility index (Phi) is 4.55. The first-order valence-electron chi connectivity index (χ1n) is 10.9. The Hall–Kier alpha value is -3.66. The molecule has 4 unspecified atom stereocenters. The number of nitrogens with one attached hydrogen (secondary N) is 1. The number of hydrogen-bond donors (Lipinski definition) is 1. The summed E-state index contributed by atoms with van der Waals surface area (Å²) in [6.45, 7) is 0. The molecule has 2 aromatic rings. The minimum Gasteiger partial charge on any atom is -0.447 e. The molecule has 3 fully saturated rings. The van der Waals surface area contributed by atoms with Crippen LogP contribution in [0, 0.1) is 56.2 Å². The van der Waals surface area contributed by atoms with Crippen LogP contribution < -0.4 is 0 Å². The minimum atomic E-state index is -1.89. The average molecular weight is 422 g/mol. The number of nitrogens with zero attached hydrogens (tertiary/aromatic N) is 3. The predicted molar refractivity (Wildman–Crippen MR) is 116 cm³/mol. The fraction of sp³-hybridized carbons (Fsp3) is 0.385. The van der Waals surface area contributed by atoms with E-state index in [-0.39, 0.29) is 5.90 Å². The predicted octanol–water partition coefficient (Wildman–Crippen LogP) is 5.25. The third-order valence-corrected chi connectivity index (χ3v) is 7.39. The molecule has 0 spiro atoms. The Morgan fingerprint density at radius 3 is 2.19 bits per heavy atom. The molecular formula is C26H22N4O2. The van der Waals surface area contributed by atoms with E-state index in [0.29, 0.717) is 18.4 Å². The van der Waals surface area contributed by atoms with Crippen LogP contribution in [0.1, 0.15) is 43.8 Å². The lowest BCUT2D eigenvalue weighted by Crippen LogP contribution is -2.59. The summed E-state index contributed by atoms with van der Waals surface area (Å²) in [6.07, 6.45) is 2.77. The third kappa shape index (κ3) is 2.44. The summed E-state index contributed by atoms with van der Waals surface area (Å²) in [5, 5.41) is 39.7. The fourth-order valence-electron chi connectivity index (χ4n) is 5.82. The van der Waals surface area contributed by atoms with Gasteiger partial charge in [-0.1, -0.05) is 67.4 Å². The van der Waals surface area contributed by atoms with E-state index in [2.05, 4.69) is 18.2 Å². The van der Waals surface area contributed by atoms with Crippen molar-refractivity contribution in [2.45, 2.75) is 44.0 Å². The first-order chi connectivity index (χ1) is 15.6. The summed E-state index contributed by atoms with van der Waals surface area (Å²) in [6, 6.07) is 24.0. The SMILES string of the molecule is N#CC1(C#N)C(c2ccc(-c3ccccc3)cc2)OC23CCCCCC2C1(C#N)C(=N)O3. The second-order valence-corrected chi connectivity index (χ2v) is 8.83. The van der Waals surface area contributed by atoms with Crippen molar-refractivity contribution >= 4 is 5.90 Å². The van der Waals surface area contributed by atoms with Gasteiger partial charge in [0.25, 0.3) is 0 Å². The molecule has 3 aliphatic rings. The van der Waals surface area contributed by atoms with E-state index in [1.54, 1.807) is 0 Å². The number of benzene rings is 2. The lowest BCUT2D eigenvalue weighted by atomic mass is 9.52. The van der Waals surface area contributed by atoms with Crippen LogP contribution in [0.4, 0.5) is 0 Å². The molecule has 2 bridgehead atoms. The van der Waals surface area contributed by atoms with Crippen LogP contribution in [0.2, 0.25) is 0 Å². The molecule has 2 aromatic carbocycles. The molecular weight excluding hydrogens is 400 g/mol. The summed E-state index contributed by atoms with van der Waals surface area (Å²) in [4.78, 5) is 0. The lowest BCUT2D eigenvalue weighted by Gasteiger charge is -2.49. The number of hydrogen-bond acceptors (Lipinski definition) is 6. The zero-order chi connectivity index (χ0) is 22.4. The summed E-state index contributed by atoms with van der Waals surface area (Å²) in [5.41, 5.74) is -0.870. The van der Waals surface area contributed by atoms with Crippen molar-refractivity contribution in [1.29, 1.82) is 21.2 Å². The molecule has 0 amide bonds. The number of ether oxygens (including phenoxy) is 2. The van der Waals surface area contributed by atoms with Crippen molar-refractivity contribution < 1.29 is 9.47 Å². The summed E-state index contributed by atoms with van der Waals surface area (Å²) in [7, 11) is 0. The number of rotatable bonds is 2. The maximum atomic E-state index is 10.4. The van der Waals surface area contributed by atoms with Gasteiger partial charge in [-0.25, -0.2) is 0 Å². The highest BCUT2D eigenvalue weighted by Crippen LogP contribution is 2.69. The van der Waals surface area contributed by atoms with Gasteiger partial charge in [0.2, 0.25) is 17.1 Å². The van der Waals surface area contributed by atoms with Crippen molar-refractivity contribution in [3.8, 4) is 29.3 Å². The highest BCUT2D eigenvalue weighted by molar-refractivity contribution is 5.89. The van der Waals surface area contributed by atoms with Gasteiger partial charge < -0.3 is 9.47 Å². The molecule has 1 saturated carbocycles. The fourth-order valence-corrected chi connectivity index (χ4v) is 5.82. The molecule has 6 heteroatoms. The van der Waals surface area contributed by atoms with Gasteiger partial charge in [-0.3, -0.25) is 5.41 Å². The Balaban J connectivity index is 1.66. The van der Waals surface area contributed by atoms with Crippen molar-refractivity contribution in [3.63, 3.8) is 0 Å². The Morgan fingerprint density at radius 2 is 1.53 bits per heavy atom. The molecule has 32 heavy (non-hydrogen) atoms. The molecule has 158 valence electrons. The van der Waals surface area contributed by atoms with Crippen LogP contribution in [-0.4, -0.2) is 11.7 Å². The summed E-state index contributed by atoms with van der Waals surface area (Å²) < 4.78 is 12.5. The van der Waals surface area contributed by atoms with Gasteiger partial charge in [0.05, 0.1) is 24.1 Å². The number of nitriles is 3. The zero-order valence-corrected chi connectivity index (χ0v) is 17.5. The van der Waals surface area contributed by atoms with Gasteiger partial charge in [-0.2, -0.15) is 15.8 Å². The van der Waals surface area contributed by atoms with Crippen LogP contribution in [0.5, 0.6) is 0 Å². The quantitative estimate of drug-likeness (QED) is 0.710. The zero-order valence-electron chi connectivity index (χ0n) is 17.5.